The Morgan fingerprint density at radius 2 is 1.94 bits per heavy atom. The summed E-state index contributed by atoms with van der Waals surface area (Å²) in [6, 6.07) is 0. The molecule has 1 aliphatic carbocycles. The topological polar surface area (TPSA) is 55.8 Å². The van der Waals surface area contributed by atoms with Crippen LogP contribution in [0.2, 0.25) is 0 Å². The van der Waals surface area contributed by atoms with Gasteiger partial charge in [0.2, 0.25) is 7.37 Å². The molecule has 1 saturated carbocycles. The maximum Gasteiger partial charge on any atom is 0.206 e. The van der Waals surface area contributed by atoms with Gasteiger partial charge in [-0.25, -0.2) is 0 Å². The molecule has 0 spiro atoms. The number of rotatable bonds is 6. The lowest BCUT2D eigenvalue weighted by atomic mass is 9.64. The van der Waals surface area contributed by atoms with Crippen molar-refractivity contribution in [3.8, 4) is 0 Å². The third kappa shape index (κ3) is 2.46. The maximum absolute atomic E-state index is 12.7. The summed E-state index contributed by atoms with van der Waals surface area (Å²) in [5, 5.41) is 8.56. The Bertz CT molecular complexity index is 297. The van der Waals surface area contributed by atoms with Gasteiger partial charge in [0.1, 0.15) is 0 Å². The molecule has 2 saturated heterocycles. The molecule has 100 valence electrons. The number of aliphatic hydroxyl groups is 1. The van der Waals surface area contributed by atoms with Crippen molar-refractivity contribution in [3.63, 3.8) is 0 Å². The van der Waals surface area contributed by atoms with Gasteiger partial charge < -0.3 is 14.4 Å². The van der Waals surface area contributed by atoms with Crippen LogP contribution in [0, 0.1) is 17.8 Å². The molecule has 5 heteroatoms. The zero-order valence-electron chi connectivity index (χ0n) is 10.7. The second kappa shape index (κ2) is 5.40. The Morgan fingerprint density at radius 3 is 2.53 bits per heavy atom. The minimum absolute atomic E-state index is 0.0238. The van der Waals surface area contributed by atoms with Crippen LogP contribution in [0.15, 0.2) is 0 Å². The maximum atomic E-state index is 12.7. The fraction of sp³-hybridized carbons (Fsp3) is 1.00. The highest BCUT2D eigenvalue weighted by Gasteiger charge is 2.58. The van der Waals surface area contributed by atoms with Crippen molar-refractivity contribution in [2.75, 3.05) is 32.6 Å². The number of aliphatic hydroxyl groups excluding tert-OH is 1. The minimum Gasteiger partial charge on any atom is -0.394 e. The first-order chi connectivity index (χ1) is 8.10. The average molecular weight is 262 g/mol. The molecule has 17 heavy (non-hydrogen) atoms. The van der Waals surface area contributed by atoms with Gasteiger partial charge in [-0.05, 0) is 24.2 Å². The summed E-state index contributed by atoms with van der Waals surface area (Å²) in [5.41, 5.74) is 0.277. The first-order valence-corrected chi connectivity index (χ1v) is 8.40. The molecule has 2 aliphatic heterocycles. The van der Waals surface area contributed by atoms with Gasteiger partial charge in [0, 0.05) is 11.8 Å². The van der Waals surface area contributed by atoms with Crippen LogP contribution in [0.25, 0.3) is 0 Å². The van der Waals surface area contributed by atoms with Gasteiger partial charge in [-0.3, -0.25) is 4.57 Å². The zero-order chi connectivity index (χ0) is 12.5. The van der Waals surface area contributed by atoms with Gasteiger partial charge in [0.15, 0.2) is 0 Å². The van der Waals surface area contributed by atoms with Crippen molar-refractivity contribution >= 4 is 7.37 Å². The monoisotopic (exact) mass is 262 g/mol. The molecule has 3 atom stereocenters. The van der Waals surface area contributed by atoms with E-state index < -0.39 is 7.37 Å². The molecule has 0 aromatic heterocycles. The largest absolute Gasteiger partial charge is 0.394 e. The average Bonchev–Trinajstić information content (AvgIpc) is 2.29. The fourth-order valence-electron chi connectivity index (χ4n) is 3.61. The van der Waals surface area contributed by atoms with E-state index in [4.69, 9.17) is 14.4 Å². The Balaban J connectivity index is 1.80. The first kappa shape index (κ1) is 13.5. The van der Waals surface area contributed by atoms with Gasteiger partial charge >= 0.3 is 0 Å². The summed E-state index contributed by atoms with van der Waals surface area (Å²) < 4.78 is 23.5. The van der Waals surface area contributed by atoms with Crippen LogP contribution in [-0.2, 0) is 13.8 Å². The summed E-state index contributed by atoms with van der Waals surface area (Å²) in [6.45, 7) is 5.56. The Hall–Kier alpha value is 0.110. The van der Waals surface area contributed by atoms with Crippen LogP contribution in [0.5, 0.6) is 0 Å². The molecule has 0 radical (unpaired) electrons. The van der Waals surface area contributed by atoms with Crippen molar-refractivity contribution < 1.29 is 18.9 Å². The van der Waals surface area contributed by atoms with E-state index in [1.807, 2.05) is 0 Å². The summed E-state index contributed by atoms with van der Waals surface area (Å²) in [6.07, 6.45) is 1.80. The summed E-state index contributed by atoms with van der Waals surface area (Å²) in [7, 11) is -2.44. The van der Waals surface area contributed by atoms with Crippen molar-refractivity contribution in [1.29, 1.82) is 0 Å². The van der Waals surface area contributed by atoms with Gasteiger partial charge in [-0.15, -0.1) is 0 Å². The van der Waals surface area contributed by atoms with Crippen molar-refractivity contribution in [1.82, 2.24) is 0 Å². The molecule has 3 unspecified atom stereocenters. The lowest BCUT2D eigenvalue weighted by Crippen LogP contribution is -2.52. The lowest BCUT2D eigenvalue weighted by molar-refractivity contribution is 0.0523. The second-order valence-electron chi connectivity index (χ2n) is 5.28. The molecule has 0 amide bonds. The predicted molar refractivity (Wildman–Crippen MR) is 66.6 cm³/mol. The molecule has 3 rings (SSSR count). The van der Waals surface area contributed by atoms with Crippen LogP contribution < -0.4 is 0 Å². The molecule has 3 fully saturated rings. The molecule has 4 nitrogen and oxygen atoms in total. The Morgan fingerprint density at radius 1 is 1.24 bits per heavy atom. The highest BCUT2D eigenvalue weighted by Crippen LogP contribution is 2.70. The van der Waals surface area contributed by atoms with Gasteiger partial charge in [0.25, 0.3) is 0 Å². The highest BCUT2D eigenvalue weighted by molar-refractivity contribution is 7.60. The molecule has 0 aromatic carbocycles. The van der Waals surface area contributed by atoms with E-state index in [-0.39, 0.29) is 12.3 Å². The van der Waals surface area contributed by atoms with Crippen LogP contribution in [0.4, 0.5) is 0 Å². The smallest absolute Gasteiger partial charge is 0.206 e. The predicted octanol–water partition coefficient (Wildman–Crippen LogP) is 1.96. The lowest BCUT2D eigenvalue weighted by Gasteiger charge is -2.56. The number of hydrogen-bond donors (Lipinski definition) is 1. The van der Waals surface area contributed by atoms with Gasteiger partial charge in [0.05, 0.1) is 26.4 Å². The van der Waals surface area contributed by atoms with E-state index >= 15 is 0 Å². The minimum atomic E-state index is -2.44. The van der Waals surface area contributed by atoms with Crippen molar-refractivity contribution in [2.45, 2.75) is 25.9 Å². The summed E-state index contributed by atoms with van der Waals surface area (Å²) >= 11 is 0. The molecule has 0 aromatic rings. The SMILES string of the molecule is CC1C2CCP(=O)(OCCOCCO)C1C2C. The van der Waals surface area contributed by atoms with E-state index in [0.717, 1.165) is 18.5 Å². The number of hydrogen-bond acceptors (Lipinski definition) is 4. The quantitative estimate of drug-likeness (QED) is 0.587. The second-order valence-corrected chi connectivity index (χ2v) is 8.03. The number of ether oxygens (including phenoxy) is 1. The van der Waals surface area contributed by atoms with Crippen LogP contribution in [0.3, 0.4) is 0 Å². The molecular weight excluding hydrogens is 239 g/mol. The van der Waals surface area contributed by atoms with E-state index in [1.54, 1.807) is 0 Å². The highest BCUT2D eigenvalue weighted by atomic mass is 31.2. The van der Waals surface area contributed by atoms with E-state index in [2.05, 4.69) is 13.8 Å². The Labute approximate surface area is 103 Å². The number of fused-ring (bicyclic) bond motifs is 2. The standard InChI is InChI=1S/C12H23O4P/c1-9-11-3-8-17(14,12(9)10(11)2)16-7-6-15-5-4-13/h9-13H,3-8H2,1-2H3. The van der Waals surface area contributed by atoms with Crippen molar-refractivity contribution in [2.24, 2.45) is 17.8 Å². The van der Waals surface area contributed by atoms with Crippen molar-refractivity contribution in [3.05, 3.63) is 0 Å². The van der Waals surface area contributed by atoms with Gasteiger partial charge in [-0.2, -0.15) is 0 Å². The first-order valence-electron chi connectivity index (χ1n) is 6.52. The molecule has 2 heterocycles. The third-order valence-corrected chi connectivity index (χ3v) is 7.78. The fourth-order valence-corrected chi connectivity index (χ4v) is 7.12. The molecular formula is C12H23O4P. The molecule has 3 aliphatic rings. The third-order valence-electron chi connectivity index (χ3n) is 4.43. The van der Waals surface area contributed by atoms with Crippen LogP contribution >= 0.6 is 7.37 Å². The molecule has 1 N–H and O–H groups in total. The van der Waals surface area contributed by atoms with E-state index in [9.17, 15) is 4.57 Å². The summed E-state index contributed by atoms with van der Waals surface area (Å²) in [5.74, 6) is 1.88. The molecule has 2 bridgehead atoms. The Kier molecular flexibility index (Phi) is 4.30. The summed E-state index contributed by atoms with van der Waals surface area (Å²) in [4.78, 5) is 0. The normalized spacial score (nSPS) is 44.4. The van der Waals surface area contributed by atoms with Gasteiger partial charge in [-0.1, -0.05) is 13.8 Å². The van der Waals surface area contributed by atoms with E-state index in [1.165, 1.54) is 0 Å². The van der Waals surface area contributed by atoms with Crippen LogP contribution in [-0.4, -0.2) is 43.4 Å². The van der Waals surface area contributed by atoms with E-state index in [0.29, 0.717) is 31.7 Å². The van der Waals surface area contributed by atoms with Crippen LogP contribution in [0.1, 0.15) is 20.3 Å². The zero-order valence-corrected chi connectivity index (χ0v) is 11.6.